The summed E-state index contributed by atoms with van der Waals surface area (Å²) in [7, 11) is 0. The van der Waals surface area contributed by atoms with Gasteiger partial charge in [0.25, 0.3) is 5.91 Å². The minimum absolute atomic E-state index is 0.127. The van der Waals surface area contributed by atoms with Crippen molar-refractivity contribution in [1.82, 2.24) is 0 Å². The van der Waals surface area contributed by atoms with E-state index in [1.165, 1.54) is 11.8 Å². The van der Waals surface area contributed by atoms with E-state index in [4.69, 9.17) is 0 Å². The Labute approximate surface area is 235 Å². The first-order chi connectivity index (χ1) is 18.8. The topological polar surface area (TPSA) is 111 Å². The molecule has 4 rings (SSSR count). The van der Waals surface area contributed by atoms with Crippen LogP contribution in [-0.2, 0) is 16.0 Å². The number of nitrogens with one attached hydrogen (secondary N) is 3. The Morgan fingerprint density at radius 2 is 1.56 bits per heavy atom. The molecule has 1 unspecified atom stereocenters. The van der Waals surface area contributed by atoms with Gasteiger partial charge in [0, 0.05) is 16.3 Å². The largest absolute Gasteiger partial charge is 0.326 e. The molecular weight excluding hydrogens is 528 g/mol. The fourth-order valence-electron chi connectivity index (χ4n) is 3.77. The van der Waals surface area contributed by atoms with Crippen molar-refractivity contribution in [3.05, 3.63) is 106 Å². The number of nitrogens with zero attached hydrogens (tertiary/aromatic N) is 1. The lowest BCUT2D eigenvalue weighted by Crippen LogP contribution is -2.22. The predicted octanol–water partition coefficient (Wildman–Crippen LogP) is 6.48. The van der Waals surface area contributed by atoms with Gasteiger partial charge in [-0.2, -0.15) is 5.26 Å². The highest BCUT2D eigenvalue weighted by molar-refractivity contribution is 8.00. The molecule has 0 saturated heterocycles. The van der Waals surface area contributed by atoms with E-state index in [0.717, 1.165) is 21.8 Å². The van der Waals surface area contributed by atoms with Crippen molar-refractivity contribution in [3.8, 4) is 6.07 Å². The van der Waals surface area contributed by atoms with E-state index in [9.17, 15) is 19.6 Å². The molecule has 0 fully saturated rings. The number of benzene rings is 3. The smallest absolute Gasteiger partial charge is 0.266 e. The number of carbonyl (C=O) groups excluding carboxylic acids is 3. The van der Waals surface area contributed by atoms with Crippen molar-refractivity contribution in [2.45, 2.75) is 30.4 Å². The van der Waals surface area contributed by atoms with Crippen LogP contribution in [0.25, 0.3) is 0 Å². The fraction of sp³-hybridized carbons (Fsp3) is 0.133. The van der Waals surface area contributed by atoms with Crippen molar-refractivity contribution in [3.63, 3.8) is 0 Å². The van der Waals surface area contributed by atoms with Crippen molar-refractivity contribution in [2.24, 2.45) is 0 Å². The molecule has 3 amide bonds. The highest BCUT2D eigenvalue weighted by Gasteiger charge is 2.23. The van der Waals surface area contributed by atoms with E-state index < -0.39 is 5.25 Å². The number of thioether (sulfide) groups is 1. The van der Waals surface area contributed by atoms with Crippen LogP contribution in [0.5, 0.6) is 0 Å². The Hall–Kier alpha value is -4.39. The second kappa shape index (κ2) is 12.9. The van der Waals surface area contributed by atoms with Gasteiger partial charge in [-0.05, 0) is 55.3 Å². The van der Waals surface area contributed by atoms with E-state index in [1.807, 2.05) is 66.7 Å². The summed E-state index contributed by atoms with van der Waals surface area (Å²) in [4.78, 5) is 39.5. The van der Waals surface area contributed by atoms with Crippen molar-refractivity contribution in [1.29, 1.82) is 5.26 Å². The number of rotatable bonds is 9. The third kappa shape index (κ3) is 7.35. The highest BCUT2D eigenvalue weighted by atomic mass is 32.2. The van der Waals surface area contributed by atoms with Crippen LogP contribution in [-0.4, -0.2) is 23.0 Å². The number of nitriles is 1. The number of para-hydroxylation sites is 1. The van der Waals surface area contributed by atoms with Crippen molar-refractivity contribution >= 4 is 57.2 Å². The molecule has 9 heteroatoms. The summed E-state index contributed by atoms with van der Waals surface area (Å²) >= 11 is 2.40. The van der Waals surface area contributed by atoms with Gasteiger partial charge in [-0.1, -0.05) is 54.6 Å². The van der Waals surface area contributed by atoms with Gasteiger partial charge in [-0.3, -0.25) is 14.4 Å². The zero-order chi connectivity index (χ0) is 27.8. The molecule has 4 aromatic rings. The maximum atomic E-state index is 13.0. The maximum absolute atomic E-state index is 13.0. The zero-order valence-corrected chi connectivity index (χ0v) is 23.0. The summed E-state index contributed by atoms with van der Waals surface area (Å²) in [5.74, 6) is -0.765. The van der Waals surface area contributed by atoms with Crippen LogP contribution in [0.3, 0.4) is 0 Å². The minimum Gasteiger partial charge on any atom is -0.326 e. The molecular formula is C30H26N4O3S2. The number of hydrogen-bond donors (Lipinski definition) is 3. The lowest BCUT2D eigenvalue weighted by Gasteiger charge is -2.12. The van der Waals surface area contributed by atoms with Gasteiger partial charge < -0.3 is 16.0 Å². The summed E-state index contributed by atoms with van der Waals surface area (Å²) in [6.07, 6.45) is 0.268. The van der Waals surface area contributed by atoms with Gasteiger partial charge in [0.05, 0.1) is 22.1 Å². The van der Waals surface area contributed by atoms with E-state index in [2.05, 4.69) is 22.0 Å². The Bertz CT molecular complexity index is 1530. The van der Waals surface area contributed by atoms with Gasteiger partial charge >= 0.3 is 0 Å². The first kappa shape index (κ1) is 27.6. The zero-order valence-electron chi connectivity index (χ0n) is 21.4. The van der Waals surface area contributed by atoms with Crippen molar-refractivity contribution in [2.75, 3.05) is 16.0 Å². The standard InChI is InChI=1S/C30H26N4O3S2/c1-19-25(18-31)30(39-27(19)29(37)33-22-12-7-4-8-13-22)34-28(36)20(2)38-24-15-9-14-23(17-24)32-26(35)16-21-10-5-3-6-11-21/h3-15,17,20H,16H2,1-2H3,(H,32,35)(H,33,37)(H,34,36). The molecule has 3 N–H and O–H groups in total. The number of anilines is 3. The maximum Gasteiger partial charge on any atom is 0.266 e. The summed E-state index contributed by atoms with van der Waals surface area (Å²) in [6, 6.07) is 27.9. The lowest BCUT2D eigenvalue weighted by atomic mass is 10.1. The molecule has 7 nitrogen and oxygen atoms in total. The molecule has 1 atom stereocenters. The predicted molar refractivity (Wildman–Crippen MR) is 157 cm³/mol. The SMILES string of the molecule is Cc1c(C(=O)Nc2ccccc2)sc(NC(=O)C(C)Sc2cccc(NC(=O)Cc3ccccc3)c2)c1C#N. The molecule has 0 aliphatic heterocycles. The van der Waals surface area contributed by atoms with Crippen LogP contribution < -0.4 is 16.0 Å². The lowest BCUT2D eigenvalue weighted by molar-refractivity contribution is -0.116. The van der Waals surface area contributed by atoms with Crippen LogP contribution in [0.2, 0.25) is 0 Å². The molecule has 0 aliphatic carbocycles. The van der Waals surface area contributed by atoms with E-state index in [-0.39, 0.29) is 29.7 Å². The number of amides is 3. The first-order valence-corrected chi connectivity index (χ1v) is 13.8. The first-order valence-electron chi connectivity index (χ1n) is 12.1. The Morgan fingerprint density at radius 1 is 0.897 bits per heavy atom. The third-order valence-corrected chi connectivity index (χ3v) is 8.04. The second-order valence-electron chi connectivity index (χ2n) is 8.68. The van der Waals surface area contributed by atoms with Gasteiger partial charge in [-0.25, -0.2) is 0 Å². The van der Waals surface area contributed by atoms with E-state index >= 15 is 0 Å². The average Bonchev–Trinajstić information content (AvgIpc) is 3.24. The van der Waals surface area contributed by atoms with Crippen LogP contribution in [0, 0.1) is 18.3 Å². The monoisotopic (exact) mass is 554 g/mol. The Kier molecular flexibility index (Phi) is 9.15. The molecule has 1 aromatic heterocycles. The normalized spacial score (nSPS) is 11.2. The van der Waals surface area contributed by atoms with Gasteiger partial charge in [0.2, 0.25) is 11.8 Å². The molecule has 1 heterocycles. The third-order valence-electron chi connectivity index (χ3n) is 5.74. The second-order valence-corrected chi connectivity index (χ2v) is 11.1. The number of hydrogen-bond acceptors (Lipinski definition) is 6. The molecule has 39 heavy (non-hydrogen) atoms. The molecule has 0 aliphatic rings. The fourth-order valence-corrected chi connectivity index (χ4v) is 5.75. The van der Waals surface area contributed by atoms with Gasteiger partial charge in [-0.15, -0.1) is 23.1 Å². The number of thiophene rings is 1. The average molecular weight is 555 g/mol. The van der Waals surface area contributed by atoms with Crippen LogP contribution >= 0.6 is 23.1 Å². The number of carbonyl (C=O) groups is 3. The van der Waals surface area contributed by atoms with Crippen molar-refractivity contribution < 1.29 is 14.4 Å². The molecule has 0 saturated carbocycles. The summed E-state index contributed by atoms with van der Waals surface area (Å²) in [5, 5.41) is 18.1. The van der Waals surface area contributed by atoms with Crippen LogP contribution in [0.1, 0.15) is 33.3 Å². The van der Waals surface area contributed by atoms with E-state index in [1.54, 1.807) is 32.0 Å². The van der Waals surface area contributed by atoms with E-state index in [0.29, 0.717) is 26.8 Å². The highest BCUT2D eigenvalue weighted by Crippen LogP contribution is 2.34. The Balaban J connectivity index is 1.39. The Morgan fingerprint density at radius 3 is 2.26 bits per heavy atom. The van der Waals surface area contributed by atoms with Gasteiger partial charge in [0.1, 0.15) is 11.1 Å². The molecule has 0 spiro atoms. The quantitative estimate of drug-likeness (QED) is 0.205. The molecule has 3 aromatic carbocycles. The summed E-state index contributed by atoms with van der Waals surface area (Å²) in [5.41, 5.74) is 3.00. The minimum atomic E-state index is -0.504. The molecule has 0 radical (unpaired) electrons. The van der Waals surface area contributed by atoms with Crippen LogP contribution in [0.4, 0.5) is 16.4 Å². The summed E-state index contributed by atoms with van der Waals surface area (Å²) < 4.78 is 0. The van der Waals surface area contributed by atoms with Gasteiger partial charge in [0.15, 0.2) is 0 Å². The summed E-state index contributed by atoms with van der Waals surface area (Å²) in [6.45, 7) is 3.45. The van der Waals surface area contributed by atoms with Crippen LogP contribution in [0.15, 0.2) is 89.8 Å². The molecule has 0 bridgehead atoms. The molecule has 196 valence electrons.